The van der Waals surface area contributed by atoms with Crippen molar-refractivity contribution in [1.29, 1.82) is 0 Å². The molecule has 0 atom stereocenters. The second-order valence-electron chi connectivity index (χ2n) is 3.07. The molecule has 1 heterocycles. The Bertz CT molecular complexity index is 403. The molecular formula is C10H11N3O. The van der Waals surface area contributed by atoms with Gasteiger partial charge in [0.05, 0.1) is 5.56 Å². The maximum absolute atomic E-state index is 5.60. The van der Waals surface area contributed by atoms with Gasteiger partial charge < -0.3 is 16.0 Å². The summed E-state index contributed by atoms with van der Waals surface area (Å²) >= 11 is 0. The SMILES string of the molecule is Nc1noc(N)c1Cc1ccccc1. The summed E-state index contributed by atoms with van der Waals surface area (Å²) in [4.78, 5) is 0. The molecule has 0 spiro atoms. The van der Waals surface area contributed by atoms with E-state index in [0.717, 1.165) is 11.1 Å². The Kier molecular flexibility index (Phi) is 2.10. The Morgan fingerprint density at radius 2 is 1.86 bits per heavy atom. The maximum atomic E-state index is 5.60. The molecule has 1 aromatic carbocycles. The van der Waals surface area contributed by atoms with Crippen molar-refractivity contribution in [3.63, 3.8) is 0 Å². The Morgan fingerprint density at radius 3 is 2.43 bits per heavy atom. The highest BCUT2D eigenvalue weighted by Gasteiger charge is 2.10. The fraction of sp³-hybridized carbons (Fsp3) is 0.100. The summed E-state index contributed by atoms with van der Waals surface area (Å²) in [6.45, 7) is 0. The van der Waals surface area contributed by atoms with Gasteiger partial charge in [-0.3, -0.25) is 0 Å². The quantitative estimate of drug-likeness (QED) is 0.749. The van der Waals surface area contributed by atoms with Gasteiger partial charge in [-0.05, 0) is 5.56 Å². The third-order valence-corrected chi connectivity index (χ3v) is 2.07. The molecule has 0 unspecified atom stereocenters. The third-order valence-electron chi connectivity index (χ3n) is 2.07. The van der Waals surface area contributed by atoms with Crippen molar-refractivity contribution in [2.45, 2.75) is 6.42 Å². The van der Waals surface area contributed by atoms with Gasteiger partial charge in [0, 0.05) is 6.42 Å². The lowest BCUT2D eigenvalue weighted by Gasteiger charge is -1.98. The van der Waals surface area contributed by atoms with E-state index in [9.17, 15) is 0 Å². The van der Waals surface area contributed by atoms with Crippen molar-refractivity contribution in [1.82, 2.24) is 5.16 Å². The van der Waals surface area contributed by atoms with E-state index in [2.05, 4.69) is 5.16 Å². The molecule has 0 amide bonds. The number of nitrogens with zero attached hydrogens (tertiary/aromatic N) is 1. The second kappa shape index (κ2) is 3.41. The van der Waals surface area contributed by atoms with Crippen LogP contribution in [-0.2, 0) is 6.42 Å². The van der Waals surface area contributed by atoms with Crippen LogP contribution in [0.3, 0.4) is 0 Å². The summed E-state index contributed by atoms with van der Waals surface area (Å²) in [6.07, 6.45) is 0.655. The molecular weight excluding hydrogens is 178 g/mol. The highest BCUT2D eigenvalue weighted by Crippen LogP contribution is 2.21. The summed E-state index contributed by atoms with van der Waals surface area (Å²) in [5.74, 6) is 0.665. The van der Waals surface area contributed by atoms with Gasteiger partial charge >= 0.3 is 0 Å². The first-order valence-electron chi connectivity index (χ1n) is 4.31. The Labute approximate surface area is 81.5 Å². The Hall–Kier alpha value is -1.97. The van der Waals surface area contributed by atoms with E-state index in [1.165, 1.54) is 0 Å². The van der Waals surface area contributed by atoms with Gasteiger partial charge in [-0.2, -0.15) is 0 Å². The van der Waals surface area contributed by atoms with E-state index in [4.69, 9.17) is 16.0 Å². The van der Waals surface area contributed by atoms with Crippen molar-refractivity contribution in [2.24, 2.45) is 0 Å². The number of hydrogen-bond donors (Lipinski definition) is 2. The van der Waals surface area contributed by atoms with Crippen LogP contribution in [0.25, 0.3) is 0 Å². The van der Waals surface area contributed by atoms with E-state index in [0.29, 0.717) is 18.1 Å². The molecule has 0 radical (unpaired) electrons. The largest absolute Gasteiger partial charge is 0.381 e. The van der Waals surface area contributed by atoms with Crippen LogP contribution in [0.5, 0.6) is 0 Å². The van der Waals surface area contributed by atoms with Gasteiger partial charge in [0.15, 0.2) is 5.82 Å². The first-order valence-corrected chi connectivity index (χ1v) is 4.31. The van der Waals surface area contributed by atoms with Crippen LogP contribution in [0.1, 0.15) is 11.1 Å². The molecule has 0 bridgehead atoms. The van der Waals surface area contributed by atoms with Crippen LogP contribution >= 0.6 is 0 Å². The van der Waals surface area contributed by atoms with Crippen molar-refractivity contribution < 1.29 is 4.52 Å². The summed E-state index contributed by atoms with van der Waals surface area (Å²) in [5, 5.41) is 3.59. The number of nitrogen functional groups attached to an aromatic ring is 2. The van der Waals surface area contributed by atoms with Crippen LogP contribution in [0.15, 0.2) is 34.9 Å². The van der Waals surface area contributed by atoms with Crippen LogP contribution < -0.4 is 11.5 Å². The summed E-state index contributed by atoms with van der Waals surface area (Å²) in [7, 11) is 0. The number of hydrogen-bond acceptors (Lipinski definition) is 4. The maximum Gasteiger partial charge on any atom is 0.227 e. The highest BCUT2D eigenvalue weighted by molar-refractivity contribution is 5.52. The molecule has 0 saturated heterocycles. The molecule has 2 aromatic rings. The fourth-order valence-corrected chi connectivity index (χ4v) is 1.31. The van der Waals surface area contributed by atoms with E-state index in [1.807, 2.05) is 30.3 Å². The van der Waals surface area contributed by atoms with Gasteiger partial charge in [0.25, 0.3) is 0 Å². The molecule has 0 saturated carbocycles. The second-order valence-corrected chi connectivity index (χ2v) is 3.07. The third kappa shape index (κ3) is 1.54. The van der Waals surface area contributed by atoms with Crippen LogP contribution in [-0.4, -0.2) is 5.16 Å². The normalized spacial score (nSPS) is 10.3. The van der Waals surface area contributed by atoms with Gasteiger partial charge in [-0.1, -0.05) is 35.5 Å². The molecule has 4 heteroatoms. The highest BCUT2D eigenvalue weighted by atomic mass is 16.5. The van der Waals surface area contributed by atoms with Gasteiger partial charge in [-0.15, -0.1) is 0 Å². The molecule has 0 fully saturated rings. The van der Waals surface area contributed by atoms with Crippen molar-refractivity contribution in [3.8, 4) is 0 Å². The van der Waals surface area contributed by atoms with E-state index >= 15 is 0 Å². The van der Waals surface area contributed by atoms with Crippen LogP contribution in [0.2, 0.25) is 0 Å². The van der Waals surface area contributed by atoms with Gasteiger partial charge in [0.2, 0.25) is 5.88 Å². The number of anilines is 2. The molecule has 1 aromatic heterocycles. The average Bonchev–Trinajstić information content (AvgIpc) is 2.51. The molecule has 4 N–H and O–H groups in total. The fourth-order valence-electron chi connectivity index (χ4n) is 1.31. The Balaban J connectivity index is 2.27. The molecule has 72 valence electrons. The van der Waals surface area contributed by atoms with Gasteiger partial charge in [-0.25, -0.2) is 0 Å². The lowest BCUT2D eigenvalue weighted by molar-refractivity contribution is 0.439. The molecule has 4 nitrogen and oxygen atoms in total. The van der Waals surface area contributed by atoms with E-state index in [-0.39, 0.29) is 0 Å². The lowest BCUT2D eigenvalue weighted by atomic mass is 10.1. The number of nitrogens with two attached hydrogens (primary N) is 2. The smallest absolute Gasteiger partial charge is 0.227 e. The summed E-state index contributed by atoms with van der Waals surface area (Å²) < 4.78 is 4.77. The number of aromatic nitrogens is 1. The monoisotopic (exact) mass is 189 g/mol. The number of rotatable bonds is 2. The zero-order valence-corrected chi connectivity index (χ0v) is 7.60. The van der Waals surface area contributed by atoms with Gasteiger partial charge in [0.1, 0.15) is 0 Å². The summed E-state index contributed by atoms with van der Waals surface area (Å²) in [6, 6.07) is 9.91. The standard InChI is InChI=1S/C10H11N3O/c11-9-8(10(12)14-13-9)6-7-4-2-1-3-5-7/h1-5H,6,12H2,(H2,11,13). The minimum absolute atomic E-state index is 0.298. The van der Waals surface area contributed by atoms with Crippen LogP contribution in [0, 0.1) is 0 Å². The zero-order chi connectivity index (χ0) is 9.97. The first kappa shape index (κ1) is 8.62. The first-order chi connectivity index (χ1) is 6.77. The predicted octanol–water partition coefficient (Wildman–Crippen LogP) is 1.43. The predicted molar refractivity (Wildman–Crippen MR) is 54.6 cm³/mol. The minimum Gasteiger partial charge on any atom is -0.381 e. The van der Waals surface area contributed by atoms with Crippen molar-refractivity contribution >= 4 is 11.7 Å². The minimum atomic E-state index is 0.298. The van der Waals surface area contributed by atoms with E-state index < -0.39 is 0 Å². The number of benzene rings is 1. The van der Waals surface area contributed by atoms with E-state index in [1.54, 1.807) is 0 Å². The molecule has 0 aliphatic rings. The molecule has 14 heavy (non-hydrogen) atoms. The molecule has 2 rings (SSSR count). The topological polar surface area (TPSA) is 78.1 Å². The zero-order valence-electron chi connectivity index (χ0n) is 7.60. The molecule has 0 aliphatic carbocycles. The Morgan fingerprint density at radius 1 is 1.14 bits per heavy atom. The van der Waals surface area contributed by atoms with Crippen molar-refractivity contribution in [2.75, 3.05) is 11.5 Å². The van der Waals surface area contributed by atoms with Crippen molar-refractivity contribution in [3.05, 3.63) is 41.5 Å². The van der Waals surface area contributed by atoms with Crippen LogP contribution in [0.4, 0.5) is 11.7 Å². The average molecular weight is 189 g/mol. The lowest BCUT2D eigenvalue weighted by Crippen LogP contribution is -1.96. The molecule has 0 aliphatic heterocycles. The summed E-state index contributed by atoms with van der Waals surface area (Å²) in [5.41, 5.74) is 13.1.